The first-order valence-corrected chi connectivity index (χ1v) is 30.6. The molecule has 0 spiro atoms. The SMILES string of the molecule is CC(=O)C[C@H](C(=O)C1CCC[C@H]1c1cc2cc([C@H]3CC[C@H](c4cc5c(cc4F)CC([C@@H]4CCCC4C(=O)[C@@H](NC(C)=O)C(C)C)=N5)C3c3cc(F)c(C4CCC(C(F)(c5ccccc5)c5ccccc5)CC4)c(F)c3)c(F)cc2[nH]1)C(C)C. The number of amides is 1. The van der Waals surface area contributed by atoms with Crippen molar-refractivity contribution in [1.82, 2.24) is 10.3 Å². The van der Waals surface area contributed by atoms with E-state index in [0.29, 0.717) is 102 Å². The predicted molar refractivity (Wildman–Crippen MR) is 316 cm³/mol. The van der Waals surface area contributed by atoms with Crippen molar-refractivity contribution in [2.75, 3.05) is 0 Å². The first-order valence-electron chi connectivity index (χ1n) is 30.6. The zero-order chi connectivity index (χ0) is 58.6. The smallest absolute Gasteiger partial charge is 0.217 e. The van der Waals surface area contributed by atoms with Gasteiger partial charge in [0.2, 0.25) is 5.91 Å². The van der Waals surface area contributed by atoms with E-state index >= 15 is 22.0 Å². The number of hydrogen-bond acceptors (Lipinski definition) is 5. The third-order valence-corrected chi connectivity index (χ3v) is 20.2. The molecule has 11 rings (SSSR count). The highest BCUT2D eigenvalue weighted by molar-refractivity contribution is 6.01. The van der Waals surface area contributed by atoms with Gasteiger partial charge in [-0.1, -0.05) is 101 Å². The molecule has 3 unspecified atom stereocenters. The van der Waals surface area contributed by atoms with Crippen LogP contribution < -0.4 is 5.32 Å². The third-order valence-electron chi connectivity index (χ3n) is 20.2. The molecule has 4 saturated carbocycles. The lowest BCUT2D eigenvalue weighted by atomic mass is 9.68. The molecule has 4 fully saturated rings. The minimum atomic E-state index is -1.81. The van der Waals surface area contributed by atoms with Crippen LogP contribution in [-0.4, -0.2) is 40.0 Å². The monoisotopic (exact) mass is 1130 g/mol. The molecule has 2 heterocycles. The van der Waals surface area contributed by atoms with Gasteiger partial charge in [-0.2, -0.15) is 0 Å². The van der Waals surface area contributed by atoms with Crippen LogP contribution in [0.5, 0.6) is 0 Å². The molecule has 12 heteroatoms. The average molecular weight is 1130 g/mol. The number of Topliss-reactive ketones (excluding diaryl/α,β-unsaturated/α-hetero) is 3. The summed E-state index contributed by atoms with van der Waals surface area (Å²) in [6.07, 6.45) is 7.34. The molecule has 0 saturated heterocycles. The number of carbonyl (C=O) groups excluding carboxylic acids is 4. The summed E-state index contributed by atoms with van der Waals surface area (Å²) in [5.74, 6) is -7.17. The minimum Gasteiger partial charge on any atom is -0.358 e. The second kappa shape index (κ2) is 23.8. The number of aliphatic imine (C=N–C) groups is 1. The zero-order valence-corrected chi connectivity index (χ0v) is 48.7. The molecule has 1 aliphatic heterocycles. The topological polar surface area (TPSA) is 108 Å². The van der Waals surface area contributed by atoms with Gasteiger partial charge in [0.25, 0.3) is 0 Å². The number of nitrogens with one attached hydrogen (secondary N) is 2. The number of H-pyrrole nitrogens is 1. The highest BCUT2D eigenvalue weighted by atomic mass is 19.2. The summed E-state index contributed by atoms with van der Waals surface area (Å²) in [6, 6.07) is 28.8. The van der Waals surface area contributed by atoms with Crippen LogP contribution in [0, 0.1) is 64.7 Å². The van der Waals surface area contributed by atoms with Gasteiger partial charge in [0, 0.05) is 83.1 Å². The lowest BCUT2D eigenvalue weighted by Crippen LogP contribution is -2.47. The Morgan fingerprint density at radius 2 is 1.20 bits per heavy atom. The minimum absolute atomic E-state index is 0.00454. The number of benzene rings is 5. The summed E-state index contributed by atoms with van der Waals surface area (Å²) >= 11 is 0. The van der Waals surface area contributed by atoms with Crippen molar-refractivity contribution in [3.05, 3.63) is 171 Å². The van der Waals surface area contributed by atoms with Crippen LogP contribution in [0.15, 0.2) is 108 Å². The second-order valence-corrected chi connectivity index (χ2v) is 25.9. The number of carbonyl (C=O) groups is 4. The maximum absolute atomic E-state index is 17.8. The van der Waals surface area contributed by atoms with Crippen LogP contribution in [0.4, 0.5) is 27.6 Å². The molecule has 5 aliphatic rings. The molecule has 4 aliphatic carbocycles. The Bertz CT molecular complexity index is 3390. The number of nitrogens with zero attached hydrogens (tertiary/aromatic N) is 1. The molecule has 7 nitrogen and oxygen atoms in total. The molecule has 5 aromatic carbocycles. The maximum atomic E-state index is 17.8. The van der Waals surface area contributed by atoms with Crippen LogP contribution in [-0.2, 0) is 31.3 Å². The fourth-order valence-corrected chi connectivity index (χ4v) is 16.2. The van der Waals surface area contributed by atoms with Gasteiger partial charge in [0.05, 0.1) is 11.7 Å². The van der Waals surface area contributed by atoms with Crippen molar-refractivity contribution >= 4 is 45.6 Å². The highest BCUT2D eigenvalue weighted by Gasteiger charge is 2.47. The second-order valence-electron chi connectivity index (χ2n) is 25.9. The lowest BCUT2D eigenvalue weighted by molar-refractivity contribution is -0.132. The maximum Gasteiger partial charge on any atom is 0.217 e. The van der Waals surface area contributed by atoms with Gasteiger partial charge in [-0.25, -0.2) is 22.0 Å². The van der Waals surface area contributed by atoms with E-state index < -0.39 is 70.5 Å². The Morgan fingerprint density at radius 3 is 1.78 bits per heavy atom. The van der Waals surface area contributed by atoms with Crippen molar-refractivity contribution in [2.24, 2.45) is 46.4 Å². The van der Waals surface area contributed by atoms with E-state index in [1.165, 1.54) is 38.1 Å². The van der Waals surface area contributed by atoms with Crippen molar-refractivity contribution in [3.63, 3.8) is 0 Å². The van der Waals surface area contributed by atoms with Crippen molar-refractivity contribution in [1.29, 1.82) is 0 Å². The zero-order valence-electron chi connectivity index (χ0n) is 48.7. The summed E-state index contributed by atoms with van der Waals surface area (Å²) < 4.78 is 86.7. The van der Waals surface area contributed by atoms with Gasteiger partial charge >= 0.3 is 0 Å². The van der Waals surface area contributed by atoms with E-state index in [1.807, 2.05) is 76.2 Å². The van der Waals surface area contributed by atoms with Crippen LogP contribution in [0.1, 0.15) is 199 Å². The molecule has 2 N–H and O–H groups in total. The van der Waals surface area contributed by atoms with E-state index in [2.05, 4.69) is 10.3 Å². The quantitative estimate of drug-likeness (QED) is 0.0836. The first-order chi connectivity index (χ1) is 39.8. The molecule has 0 radical (unpaired) electrons. The van der Waals surface area contributed by atoms with E-state index in [9.17, 15) is 19.2 Å². The fourth-order valence-electron chi connectivity index (χ4n) is 16.2. The summed E-state index contributed by atoms with van der Waals surface area (Å²) in [5.41, 5.74) is 3.65. The predicted octanol–water partition coefficient (Wildman–Crippen LogP) is 16.8. The number of aromatic nitrogens is 1. The van der Waals surface area contributed by atoms with Crippen LogP contribution in [0.25, 0.3) is 10.9 Å². The van der Waals surface area contributed by atoms with E-state index in [0.717, 1.165) is 42.5 Å². The van der Waals surface area contributed by atoms with Gasteiger partial charge in [-0.05, 0) is 182 Å². The van der Waals surface area contributed by atoms with Gasteiger partial charge in [-0.15, -0.1) is 0 Å². The number of aromatic amines is 1. The number of halogens is 5. The lowest BCUT2D eigenvalue weighted by Gasteiger charge is -2.39. The number of hydrogen-bond donors (Lipinski definition) is 2. The van der Waals surface area contributed by atoms with Crippen molar-refractivity contribution in [2.45, 2.75) is 173 Å². The highest BCUT2D eigenvalue weighted by Crippen LogP contribution is 2.58. The molecule has 83 heavy (non-hydrogen) atoms. The summed E-state index contributed by atoms with van der Waals surface area (Å²) in [6.45, 7) is 10.7. The Balaban J connectivity index is 0.932. The Morgan fingerprint density at radius 1 is 0.627 bits per heavy atom. The van der Waals surface area contributed by atoms with Crippen LogP contribution in [0.2, 0.25) is 0 Å². The third kappa shape index (κ3) is 11.2. The normalized spacial score (nSPS) is 25.2. The van der Waals surface area contributed by atoms with E-state index in [4.69, 9.17) is 4.99 Å². The van der Waals surface area contributed by atoms with Crippen LogP contribution >= 0.6 is 0 Å². The van der Waals surface area contributed by atoms with Crippen LogP contribution in [0.3, 0.4) is 0 Å². The van der Waals surface area contributed by atoms with Crippen molar-refractivity contribution < 1.29 is 41.1 Å². The molecule has 0 bridgehead atoms. The van der Waals surface area contributed by atoms with Crippen molar-refractivity contribution in [3.8, 4) is 0 Å². The fraction of sp³-hybridized carbons (Fsp3) is 0.479. The van der Waals surface area contributed by atoms with Gasteiger partial charge in [0.15, 0.2) is 11.5 Å². The number of ketones is 3. The molecular formula is C71H78F5N3O4. The Labute approximate surface area is 485 Å². The number of alkyl halides is 1. The largest absolute Gasteiger partial charge is 0.358 e. The average Bonchev–Trinajstić information content (AvgIpc) is 3.98. The Hall–Kier alpha value is -6.56. The van der Waals surface area contributed by atoms with E-state index in [-0.39, 0.29) is 70.7 Å². The molecule has 1 aromatic heterocycles. The molecule has 6 aromatic rings. The number of rotatable bonds is 18. The molecule has 9 atom stereocenters. The van der Waals surface area contributed by atoms with Gasteiger partial charge in [0.1, 0.15) is 34.8 Å². The molecular weight excluding hydrogens is 1050 g/mol. The first kappa shape index (κ1) is 58.2. The summed E-state index contributed by atoms with van der Waals surface area (Å²) in [5, 5.41) is 3.59. The summed E-state index contributed by atoms with van der Waals surface area (Å²) in [4.78, 5) is 61.3. The van der Waals surface area contributed by atoms with E-state index in [1.54, 1.807) is 30.3 Å². The van der Waals surface area contributed by atoms with Gasteiger partial charge in [-0.3, -0.25) is 19.4 Å². The molecule has 1 amide bonds. The number of fused-ring (bicyclic) bond motifs is 2. The van der Waals surface area contributed by atoms with Gasteiger partial charge < -0.3 is 15.1 Å². The molecule has 436 valence electrons. The Kier molecular flexibility index (Phi) is 16.7. The summed E-state index contributed by atoms with van der Waals surface area (Å²) in [7, 11) is 0. The standard InChI is InChI=1S/C71H78F5N3O4/c1-38(2)55(29-40(5)80)69(82)53-21-13-19-49(53)64-34-43-30-56(59(73)37-63(43)79-64)51-27-28-52(57-36-62-44(31-58(57)72)35-65(78-62)50-20-14-22-54(50)70(83)68(39(3)4)77-41(6)81)66(51)45-32-60(74)67(61(75)33-45)42-23-25-48(26-24-42)71(76,46-15-9-7-10-16-46)47-17-11-8-12-18-47/h7-12,15-18,30-34,36-39,42,48-55,66,68,79H,13-14,19-29,35H2,1-6H3,(H,77,81)/t42?,48?,49-,50-,51-,52-,53?,54?,55+,66?,68+/m1/s1.